The molecule has 4 rings (SSSR count). The van der Waals surface area contributed by atoms with Crippen LogP contribution in [0.25, 0.3) is 6.08 Å². The number of allylic oxidation sites excluding steroid dienone is 1. The van der Waals surface area contributed by atoms with Gasteiger partial charge in [0.15, 0.2) is 0 Å². The quantitative estimate of drug-likeness (QED) is 0.552. The Kier molecular flexibility index (Phi) is 5.75. The number of amides is 1. The van der Waals surface area contributed by atoms with E-state index in [0.29, 0.717) is 16.8 Å². The van der Waals surface area contributed by atoms with Crippen LogP contribution in [0.3, 0.4) is 0 Å². The summed E-state index contributed by atoms with van der Waals surface area (Å²) in [6.07, 6.45) is 7.72. The molecule has 30 heavy (non-hydrogen) atoms. The van der Waals surface area contributed by atoms with Gasteiger partial charge < -0.3 is 10.4 Å². The number of phenolic OH excluding ortho intramolecular Hbond substituents is 1. The zero-order chi connectivity index (χ0) is 20.9. The maximum Gasteiger partial charge on any atom is 0.253 e. The number of carbonyl (C=O) groups excluding carboxylic acids is 1. The average Bonchev–Trinajstić information content (AvgIpc) is 2.79. The molecule has 1 amide bonds. The summed E-state index contributed by atoms with van der Waals surface area (Å²) in [5.41, 5.74) is 4.96. The lowest BCUT2D eigenvalue weighted by Gasteiger charge is -2.15. The summed E-state index contributed by atoms with van der Waals surface area (Å²) < 4.78 is 0. The van der Waals surface area contributed by atoms with E-state index >= 15 is 0 Å². The van der Waals surface area contributed by atoms with Crippen molar-refractivity contribution in [3.8, 4) is 5.75 Å². The Morgan fingerprint density at radius 3 is 2.67 bits per heavy atom. The second-order valence-electron chi connectivity index (χ2n) is 7.39. The molecule has 0 bridgehead atoms. The van der Waals surface area contributed by atoms with Gasteiger partial charge in [0.1, 0.15) is 5.75 Å². The molecular formula is C26H24N2O2. The lowest BCUT2D eigenvalue weighted by atomic mass is 9.93. The minimum atomic E-state index is -0.182. The van der Waals surface area contributed by atoms with E-state index in [2.05, 4.69) is 16.4 Å². The number of fused-ring (bicyclic) bond motifs is 1. The highest BCUT2D eigenvalue weighted by molar-refractivity contribution is 6.00. The molecule has 1 atom stereocenters. The minimum absolute atomic E-state index is 0.119. The van der Waals surface area contributed by atoms with Gasteiger partial charge in [0, 0.05) is 11.8 Å². The summed E-state index contributed by atoms with van der Waals surface area (Å²) in [5.74, 6) is 0.00185. The highest BCUT2D eigenvalue weighted by Crippen LogP contribution is 2.29. The first-order valence-corrected chi connectivity index (χ1v) is 10.1. The average molecular weight is 396 g/mol. The van der Waals surface area contributed by atoms with Crippen molar-refractivity contribution in [2.45, 2.75) is 25.8 Å². The van der Waals surface area contributed by atoms with Crippen LogP contribution < -0.4 is 5.32 Å². The maximum absolute atomic E-state index is 12.9. The molecule has 3 aromatic carbocycles. The van der Waals surface area contributed by atoms with Crippen molar-refractivity contribution in [1.29, 1.82) is 0 Å². The van der Waals surface area contributed by atoms with Gasteiger partial charge in [-0.3, -0.25) is 9.79 Å². The highest BCUT2D eigenvalue weighted by atomic mass is 16.3. The molecule has 2 N–H and O–H groups in total. The second-order valence-corrected chi connectivity index (χ2v) is 7.39. The molecule has 1 aliphatic carbocycles. The first kappa shape index (κ1) is 19.6. The van der Waals surface area contributed by atoms with E-state index in [1.54, 1.807) is 24.4 Å². The van der Waals surface area contributed by atoms with Gasteiger partial charge in [0.2, 0.25) is 0 Å². The third kappa shape index (κ3) is 4.18. The standard InChI is InChI=1S/C26H24N2O2/c1-18(19-9-3-2-4-10-19)28-26(30)22-13-7-8-14-24(22)27-17-23-21-12-6-5-11-20(21)15-16-25(23)29/h2-4,6-10,12-18,29H,5,11H2,1H3,(H,28,30). The van der Waals surface area contributed by atoms with Crippen LogP contribution in [0.5, 0.6) is 5.75 Å². The molecule has 1 aliphatic rings. The van der Waals surface area contributed by atoms with E-state index in [4.69, 9.17) is 0 Å². The van der Waals surface area contributed by atoms with Crippen LogP contribution in [0.1, 0.15) is 52.0 Å². The number of aryl methyl sites for hydroxylation is 1. The van der Waals surface area contributed by atoms with Gasteiger partial charge in [0.05, 0.1) is 17.3 Å². The van der Waals surface area contributed by atoms with E-state index in [1.807, 2.05) is 61.5 Å². The van der Waals surface area contributed by atoms with Crippen LogP contribution in [-0.4, -0.2) is 17.2 Å². The van der Waals surface area contributed by atoms with Gasteiger partial charge >= 0.3 is 0 Å². The molecule has 150 valence electrons. The molecule has 1 unspecified atom stereocenters. The van der Waals surface area contributed by atoms with Crippen molar-refractivity contribution in [3.05, 3.63) is 101 Å². The number of aliphatic imine (C=N–C) groups is 1. The van der Waals surface area contributed by atoms with Crippen LogP contribution in [0.4, 0.5) is 5.69 Å². The molecule has 0 heterocycles. The van der Waals surface area contributed by atoms with Gasteiger partial charge in [0.25, 0.3) is 5.91 Å². The second kappa shape index (κ2) is 8.78. The Labute approximate surface area is 176 Å². The maximum atomic E-state index is 12.9. The fourth-order valence-corrected chi connectivity index (χ4v) is 3.67. The zero-order valence-corrected chi connectivity index (χ0v) is 16.9. The fourth-order valence-electron chi connectivity index (χ4n) is 3.67. The van der Waals surface area contributed by atoms with Crippen LogP contribution in [-0.2, 0) is 6.42 Å². The Bertz CT molecular complexity index is 1120. The number of phenols is 1. The van der Waals surface area contributed by atoms with Gasteiger partial charge in [-0.1, -0.05) is 60.7 Å². The van der Waals surface area contributed by atoms with Crippen LogP contribution in [0.15, 0.2) is 77.8 Å². The number of para-hydroxylation sites is 1. The molecule has 0 fully saturated rings. The predicted molar refractivity (Wildman–Crippen MR) is 121 cm³/mol. The third-order valence-corrected chi connectivity index (χ3v) is 5.35. The number of benzene rings is 3. The van der Waals surface area contributed by atoms with Gasteiger partial charge in [-0.05, 0) is 54.7 Å². The Morgan fingerprint density at radius 2 is 1.83 bits per heavy atom. The predicted octanol–water partition coefficient (Wildman–Crippen LogP) is 5.59. The monoisotopic (exact) mass is 396 g/mol. The molecule has 0 saturated heterocycles. The normalized spacial score (nSPS) is 13.8. The summed E-state index contributed by atoms with van der Waals surface area (Å²) >= 11 is 0. The molecule has 0 aliphatic heterocycles. The van der Waals surface area contributed by atoms with E-state index in [9.17, 15) is 9.90 Å². The topological polar surface area (TPSA) is 61.7 Å². The first-order valence-electron chi connectivity index (χ1n) is 10.1. The third-order valence-electron chi connectivity index (χ3n) is 5.35. The van der Waals surface area contributed by atoms with Crippen molar-refractivity contribution in [2.75, 3.05) is 0 Å². The van der Waals surface area contributed by atoms with E-state index in [-0.39, 0.29) is 17.7 Å². The first-order chi connectivity index (χ1) is 14.6. The summed E-state index contributed by atoms with van der Waals surface area (Å²) in [6, 6.07) is 20.6. The smallest absolute Gasteiger partial charge is 0.253 e. The largest absolute Gasteiger partial charge is 0.507 e. The number of hydrogen-bond donors (Lipinski definition) is 2. The van der Waals surface area contributed by atoms with Gasteiger partial charge in [-0.25, -0.2) is 0 Å². The Hall–Kier alpha value is -3.66. The van der Waals surface area contributed by atoms with E-state index in [0.717, 1.165) is 24.0 Å². The minimum Gasteiger partial charge on any atom is -0.507 e. The number of aromatic hydroxyl groups is 1. The van der Waals surface area contributed by atoms with Gasteiger partial charge in [-0.15, -0.1) is 0 Å². The summed E-state index contributed by atoms with van der Waals surface area (Å²) in [5, 5.41) is 13.4. The molecule has 0 saturated carbocycles. The van der Waals surface area contributed by atoms with Crippen LogP contribution in [0.2, 0.25) is 0 Å². The van der Waals surface area contributed by atoms with Crippen LogP contribution >= 0.6 is 0 Å². The number of nitrogens with one attached hydrogen (secondary N) is 1. The van der Waals surface area contributed by atoms with Gasteiger partial charge in [-0.2, -0.15) is 0 Å². The lowest BCUT2D eigenvalue weighted by molar-refractivity contribution is 0.0940. The summed E-state index contributed by atoms with van der Waals surface area (Å²) in [4.78, 5) is 17.5. The molecule has 4 heteroatoms. The van der Waals surface area contributed by atoms with Crippen molar-refractivity contribution in [2.24, 2.45) is 4.99 Å². The van der Waals surface area contributed by atoms with Crippen LogP contribution in [0, 0.1) is 0 Å². The number of rotatable bonds is 5. The summed E-state index contributed by atoms with van der Waals surface area (Å²) in [7, 11) is 0. The fraction of sp³-hybridized carbons (Fsp3) is 0.154. The van der Waals surface area contributed by atoms with Crippen molar-refractivity contribution in [3.63, 3.8) is 0 Å². The lowest BCUT2D eigenvalue weighted by Crippen LogP contribution is -2.26. The zero-order valence-electron chi connectivity index (χ0n) is 16.9. The number of nitrogens with zero attached hydrogens (tertiary/aromatic N) is 1. The molecule has 0 aromatic heterocycles. The van der Waals surface area contributed by atoms with E-state index in [1.165, 1.54) is 5.56 Å². The molecular weight excluding hydrogens is 372 g/mol. The molecule has 4 nitrogen and oxygen atoms in total. The van der Waals surface area contributed by atoms with Crippen molar-refractivity contribution < 1.29 is 9.90 Å². The highest BCUT2D eigenvalue weighted by Gasteiger charge is 2.15. The molecule has 0 radical (unpaired) electrons. The Morgan fingerprint density at radius 1 is 1.07 bits per heavy atom. The van der Waals surface area contributed by atoms with Crippen molar-refractivity contribution in [1.82, 2.24) is 5.32 Å². The molecule has 3 aromatic rings. The Balaban J connectivity index is 1.60. The SMILES string of the molecule is CC(NC(=O)c1ccccc1N=Cc1c(O)ccc2c1C=CCC2)c1ccccc1. The summed E-state index contributed by atoms with van der Waals surface area (Å²) in [6.45, 7) is 1.96. The van der Waals surface area contributed by atoms with Crippen molar-refractivity contribution >= 4 is 23.9 Å². The number of hydrogen-bond acceptors (Lipinski definition) is 3. The molecule has 0 spiro atoms. The van der Waals surface area contributed by atoms with E-state index < -0.39 is 0 Å². The number of carbonyl (C=O) groups is 1.